The number of hydrogen-bond acceptors (Lipinski definition) is 5. The molecule has 124 valence electrons. The van der Waals surface area contributed by atoms with Gasteiger partial charge < -0.3 is 18.9 Å². The van der Waals surface area contributed by atoms with Crippen molar-refractivity contribution in [2.24, 2.45) is 11.8 Å². The van der Waals surface area contributed by atoms with Crippen LogP contribution in [-0.4, -0.2) is 50.5 Å². The maximum absolute atomic E-state index is 12.3. The van der Waals surface area contributed by atoms with Crippen LogP contribution in [0.3, 0.4) is 0 Å². The molecular formula is C14H26NO5S-. The van der Waals surface area contributed by atoms with E-state index in [0.717, 1.165) is 6.42 Å². The van der Waals surface area contributed by atoms with E-state index in [4.69, 9.17) is 9.47 Å². The van der Waals surface area contributed by atoms with Gasteiger partial charge in [-0.25, -0.2) is 4.79 Å². The molecule has 0 aromatic rings. The van der Waals surface area contributed by atoms with Gasteiger partial charge in [-0.3, -0.25) is 4.21 Å². The molecule has 0 spiro atoms. The van der Waals surface area contributed by atoms with Crippen molar-refractivity contribution in [3.8, 4) is 0 Å². The number of likely N-dealkylation sites (tertiary alicyclic amines) is 1. The molecule has 4 unspecified atom stereocenters. The molecule has 4 atom stereocenters. The maximum atomic E-state index is 12.3. The number of rotatable bonds is 4. The molecule has 0 bridgehead atoms. The average molecular weight is 320 g/mol. The second-order valence-electron chi connectivity index (χ2n) is 6.77. The minimum absolute atomic E-state index is 0.0314. The average Bonchev–Trinajstić information content (AvgIpc) is 2.30. The molecule has 0 aliphatic carbocycles. The number of nitrogens with zero attached hydrogens (tertiary/aromatic N) is 1. The fourth-order valence-electron chi connectivity index (χ4n) is 2.58. The Bertz CT molecular complexity index is 382. The summed E-state index contributed by atoms with van der Waals surface area (Å²) >= 11 is -2.20. The molecule has 0 radical (unpaired) electrons. The van der Waals surface area contributed by atoms with Crippen molar-refractivity contribution in [2.45, 2.75) is 52.7 Å². The highest BCUT2D eigenvalue weighted by atomic mass is 32.2. The normalized spacial score (nSPS) is 28.3. The summed E-state index contributed by atoms with van der Waals surface area (Å²) in [5, 5.41) is 0. The first-order valence-corrected chi connectivity index (χ1v) is 8.47. The lowest BCUT2D eigenvalue weighted by atomic mass is 9.85. The molecular weight excluding hydrogens is 294 g/mol. The number of amides is 1. The summed E-state index contributed by atoms with van der Waals surface area (Å²) in [6.07, 6.45) is 0.588. The third-order valence-electron chi connectivity index (χ3n) is 3.53. The summed E-state index contributed by atoms with van der Waals surface area (Å²) in [5.41, 5.74) is -0.525. The van der Waals surface area contributed by atoms with Crippen molar-refractivity contribution in [3.05, 3.63) is 0 Å². The Morgan fingerprint density at radius 2 is 2.00 bits per heavy atom. The van der Waals surface area contributed by atoms with Gasteiger partial charge in [-0.05, 0) is 51.1 Å². The summed E-state index contributed by atoms with van der Waals surface area (Å²) in [7, 11) is 0. The predicted molar refractivity (Wildman–Crippen MR) is 79.4 cm³/mol. The summed E-state index contributed by atoms with van der Waals surface area (Å²) in [4.78, 5) is 14.0. The van der Waals surface area contributed by atoms with Crippen LogP contribution in [0.25, 0.3) is 0 Å². The molecule has 1 amide bonds. The molecule has 1 heterocycles. The van der Waals surface area contributed by atoms with Crippen LogP contribution in [0.1, 0.15) is 41.0 Å². The van der Waals surface area contributed by atoms with Crippen LogP contribution in [0.15, 0.2) is 0 Å². The van der Waals surface area contributed by atoms with E-state index in [2.05, 4.69) is 6.92 Å². The van der Waals surface area contributed by atoms with Crippen LogP contribution >= 0.6 is 0 Å². The van der Waals surface area contributed by atoms with Crippen LogP contribution in [-0.2, 0) is 20.6 Å². The van der Waals surface area contributed by atoms with Crippen molar-refractivity contribution < 1.29 is 23.0 Å². The van der Waals surface area contributed by atoms with E-state index in [1.165, 1.54) is 0 Å². The number of hydrogen-bond donors (Lipinski definition) is 0. The maximum Gasteiger partial charge on any atom is 0.410 e. The molecule has 0 N–H and O–H groups in total. The van der Waals surface area contributed by atoms with E-state index >= 15 is 0 Å². The molecule has 1 aliphatic heterocycles. The van der Waals surface area contributed by atoms with Crippen LogP contribution in [0.5, 0.6) is 0 Å². The third-order valence-corrected chi connectivity index (χ3v) is 3.89. The zero-order chi connectivity index (χ0) is 16.2. The largest absolute Gasteiger partial charge is 0.771 e. The van der Waals surface area contributed by atoms with E-state index in [1.54, 1.807) is 4.90 Å². The quantitative estimate of drug-likeness (QED) is 0.741. The first-order valence-electron chi connectivity index (χ1n) is 7.23. The van der Waals surface area contributed by atoms with Gasteiger partial charge in [0, 0.05) is 18.5 Å². The lowest BCUT2D eigenvalue weighted by Gasteiger charge is -2.42. The Kier molecular flexibility index (Phi) is 6.62. The minimum atomic E-state index is -2.20. The summed E-state index contributed by atoms with van der Waals surface area (Å²) in [6, 6.07) is -0.0314. The Balaban J connectivity index is 2.64. The van der Waals surface area contributed by atoms with Gasteiger partial charge >= 0.3 is 6.09 Å². The molecule has 6 nitrogen and oxygen atoms in total. The van der Waals surface area contributed by atoms with Crippen molar-refractivity contribution in [2.75, 3.05) is 19.1 Å². The lowest BCUT2D eigenvalue weighted by Crippen LogP contribution is -2.52. The molecule has 0 aromatic heterocycles. The van der Waals surface area contributed by atoms with Crippen LogP contribution < -0.4 is 0 Å². The Morgan fingerprint density at radius 3 is 2.52 bits per heavy atom. The predicted octanol–water partition coefficient (Wildman–Crippen LogP) is 2.12. The zero-order valence-electron chi connectivity index (χ0n) is 13.5. The fraction of sp³-hybridized carbons (Fsp3) is 0.929. The van der Waals surface area contributed by atoms with Crippen LogP contribution in [0, 0.1) is 11.8 Å². The SMILES string of the molecule is CC1CC(COCS(=O)[O-])C(C)N(C(=O)OC(C)(C)C)C1. The van der Waals surface area contributed by atoms with E-state index in [0.29, 0.717) is 19.1 Å². The summed E-state index contributed by atoms with van der Waals surface area (Å²) < 4.78 is 31.6. The lowest BCUT2D eigenvalue weighted by molar-refractivity contribution is -0.0176. The topological polar surface area (TPSA) is 78.9 Å². The monoisotopic (exact) mass is 320 g/mol. The molecule has 0 aromatic carbocycles. The first-order chi connectivity index (χ1) is 9.60. The van der Waals surface area contributed by atoms with E-state index in [9.17, 15) is 13.6 Å². The second kappa shape index (κ2) is 7.56. The second-order valence-corrected chi connectivity index (χ2v) is 7.61. The Morgan fingerprint density at radius 1 is 1.38 bits per heavy atom. The molecule has 0 saturated carbocycles. The number of ether oxygens (including phenoxy) is 2. The zero-order valence-corrected chi connectivity index (χ0v) is 14.3. The summed E-state index contributed by atoms with van der Waals surface area (Å²) in [6.45, 7) is 10.5. The number of carbonyl (C=O) groups is 1. The Hall–Kier alpha value is -0.660. The fourth-order valence-corrected chi connectivity index (χ4v) is 2.81. The molecule has 1 saturated heterocycles. The van der Waals surface area contributed by atoms with E-state index in [-0.39, 0.29) is 24.0 Å². The van der Waals surface area contributed by atoms with Crippen molar-refractivity contribution >= 4 is 17.2 Å². The first kappa shape index (κ1) is 18.4. The standard InChI is InChI=1S/C14H27NO5S/c1-10-6-12(8-19-9-21(17)18)11(2)15(7-10)13(16)20-14(3,4)5/h10-12H,6-9H2,1-5H3,(H,17,18)/p-1. The van der Waals surface area contributed by atoms with Crippen molar-refractivity contribution in [3.63, 3.8) is 0 Å². The minimum Gasteiger partial charge on any atom is -0.771 e. The molecule has 1 aliphatic rings. The van der Waals surface area contributed by atoms with Gasteiger partial charge in [0.05, 0.1) is 6.61 Å². The highest BCUT2D eigenvalue weighted by molar-refractivity contribution is 7.78. The highest BCUT2D eigenvalue weighted by Gasteiger charge is 2.36. The molecule has 7 heteroatoms. The molecule has 21 heavy (non-hydrogen) atoms. The van der Waals surface area contributed by atoms with Gasteiger partial charge in [0.25, 0.3) is 0 Å². The van der Waals surface area contributed by atoms with Crippen LogP contribution in [0.4, 0.5) is 4.79 Å². The molecule has 1 rings (SSSR count). The van der Waals surface area contributed by atoms with Gasteiger partial charge in [-0.1, -0.05) is 6.92 Å². The van der Waals surface area contributed by atoms with Gasteiger partial charge in [-0.2, -0.15) is 0 Å². The van der Waals surface area contributed by atoms with E-state index in [1.807, 2.05) is 27.7 Å². The summed E-state index contributed by atoms with van der Waals surface area (Å²) in [5.74, 6) is 0.147. The molecule has 1 fully saturated rings. The van der Waals surface area contributed by atoms with Crippen molar-refractivity contribution in [1.82, 2.24) is 4.90 Å². The van der Waals surface area contributed by atoms with Crippen molar-refractivity contribution in [1.29, 1.82) is 0 Å². The number of carbonyl (C=O) groups excluding carboxylic acids is 1. The van der Waals surface area contributed by atoms with Gasteiger partial charge in [0.15, 0.2) is 0 Å². The highest BCUT2D eigenvalue weighted by Crippen LogP contribution is 2.29. The van der Waals surface area contributed by atoms with E-state index < -0.39 is 16.7 Å². The van der Waals surface area contributed by atoms with Crippen LogP contribution in [0.2, 0.25) is 0 Å². The third kappa shape index (κ3) is 6.32. The van der Waals surface area contributed by atoms with Gasteiger partial charge in [-0.15, -0.1) is 0 Å². The smallest absolute Gasteiger partial charge is 0.410 e. The van der Waals surface area contributed by atoms with Gasteiger partial charge in [0.1, 0.15) is 11.5 Å². The van der Waals surface area contributed by atoms with Gasteiger partial charge in [0.2, 0.25) is 0 Å². The Labute approximate surface area is 129 Å². The number of piperidine rings is 1.